The van der Waals surface area contributed by atoms with Crippen molar-refractivity contribution in [1.29, 1.82) is 0 Å². The van der Waals surface area contributed by atoms with Crippen molar-refractivity contribution in [2.75, 3.05) is 12.4 Å². The van der Waals surface area contributed by atoms with E-state index in [1.807, 2.05) is 24.3 Å². The fourth-order valence-corrected chi connectivity index (χ4v) is 2.27. The predicted octanol–water partition coefficient (Wildman–Crippen LogP) is 4.69. The molecule has 4 nitrogen and oxygen atoms in total. The maximum Gasteiger partial charge on any atom is 0.141 e. The predicted molar refractivity (Wildman–Crippen MR) is 85.8 cm³/mol. The Bertz CT molecular complexity index is 808. The molecule has 0 atom stereocenters. The molecule has 2 aromatic carbocycles. The molecule has 6 heteroatoms. The molecule has 1 heterocycles. The van der Waals surface area contributed by atoms with Crippen LogP contribution in [0.2, 0.25) is 10.0 Å². The van der Waals surface area contributed by atoms with E-state index in [4.69, 9.17) is 27.9 Å². The van der Waals surface area contributed by atoms with Gasteiger partial charge in [-0.25, -0.2) is 9.97 Å². The molecule has 0 saturated heterocycles. The summed E-state index contributed by atoms with van der Waals surface area (Å²) < 4.78 is 5.24. The highest BCUT2D eigenvalue weighted by molar-refractivity contribution is 6.42. The highest BCUT2D eigenvalue weighted by atomic mass is 35.5. The van der Waals surface area contributed by atoms with Gasteiger partial charge in [-0.3, -0.25) is 0 Å². The van der Waals surface area contributed by atoms with Gasteiger partial charge in [-0.2, -0.15) is 0 Å². The minimum absolute atomic E-state index is 0.484. The molecule has 3 aromatic rings. The second-order valence-electron chi connectivity index (χ2n) is 4.36. The standard InChI is InChI=1S/C15H11Cl2N3O/c1-21-10-3-5-14-11(7-10)15(19-8-18-14)20-9-2-4-12(16)13(17)6-9/h2-8H,1H3,(H,18,19,20). The third-order valence-corrected chi connectivity index (χ3v) is 3.76. The van der Waals surface area contributed by atoms with Gasteiger partial charge in [0.05, 0.1) is 22.7 Å². The molecule has 0 aliphatic heterocycles. The van der Waals surface area contributed by atoms with E-state index >= 15 is 0 Å². The number of benzene rings is 2. The van der Waals surface area contributed by atoms with Crippen molar-refractivity contribution >= 4 is 45.6 Å². The summed E-state index contributed by atoms with van der Waals surface area (Å²) in [7, 11) is 1.62. The lowest BCUT2D eigenvalue weighted by Crippen LogP contribution is -1.96. The number of nitrogens with zero attached hydrogens (tertiary/aromatic N) is 2. The number of aromatic nitrogens is 2. The number of methoxy groups -OCH3 is 1. The summed E-state index contributed by atoms with van der Waals surface area (Å²) in [5, 5.41) is 5.07. The van der Waals surface area contributed by atoms with Gasteiger partial charge in [0.15, 0.2) is 0 Å². The minimum atomic E-state index is 0.484. The molecule has 0 radical (unpaired) electrons. The molecule has 106 valence electrons. The molecule has 0 aliphatic rings. The van der Waals surface area contributed by atoms with Crippen molar-refractivity contribution in [2.45, 2.75) is 0 Å². The van der Waals surface area contributed by atoms with E-state index in [0.717, 1.165) is 22.3 Å². The summed E-state index contributed by atoms with van der Waals surface area (Å²) in [5.41, 5.74) is 1.63. The molecule has 0 bridgehead atoms. The lowest BCUT2D eigenvalue weighted by atomic mass is 10.2. The Hall–Kier alpha value is -2.04. The quantitative estimate of drug-likeness (QED) is 0.760. The number of hydrogen-bond donors (Lipinski definition) is 1. The minimum Gasteiger partial charge on any atom is -0.497 e. The normalized spacial score (nSPS) is 10.6. The van der Waals surface area contributed by atoms with Crippen LogP contribution >= 0.6 is 23.2 Å². The molecular formula is C15H11Cl2N3O. The molecule has 0 aliphatic carbocycles. The van der Waals surface area contributed by atoms with E-state index in [0.29, 0.717) is 15.9 Å². The SMILES string of the molecule is COc1ccc2ncnc(Nc3ccc(Cl)c(Cl)c3)c2c1. The Morgan fingerprint density at radius 1 is 1.00 bits per heavy atom. The highest BCUT2D eigenvalue weighted by Crippen LogP contribution is 2.29. The molecule has 3 rings (SSSR count). The average Bonchev–Trinajstić information content (AvgIpc) is 2.51. The first-order chi connectivity index (χ1) is 10.2. The smallest absolute Gasteiger partial charge is 0.141 e. The van der Waals surface area contributed by atoms with Crippen LogP contribution in [-0.4, -0.2) is 17.1 Å². The van der Waals surface area contributed by atoms with E-state index in [1.54, 1.807) is 19.2 Å². The molecule has 0 amide bonds. The van der Waals surface area contributed by atoms with Gasteiger partial charge in [0, 0.05) is 11.1 Å². The van der Waals surface area contributed by atoms with Crippen LogP contribution in [0.25, 0.3) is 10.9 Å². The monoisotopic (exact) mass is 319 g/mol. The van der Waals surface area contributed by atoms with E-state index < -0.39 is 0 Å². The lowest BCUT2D eigenvalue weighted by molar-refractivity contribution is 0.415. The van der Waals surface area contributed by atoms with E-state index in [9.17, 15) is 0 Å². The Kier molecular flexibility index (Phi) is 3.82. The van der Waals surface area contributed by atoms with Crippen molar-refractivity contribution in [2.24, 2.45) is 0 Å². The number of nitrogens with one attached hydrogen (secondary N) is 1. The van der Waals surface area contributed by atoms with E-state index in [-0.39, 0.29) is 0 Å². The Morgan fingerprint density at radius 3 is 2.62 bits per heavy atom. The van der Waals surface area contributed by atoms with Crippen LogP contribution in [0.4, 0.5) is 11.5 Å². The van der Waals surface area contributed by atoms with Gasteiger partial charge in [0.2, 0.25) is 0 Å². The third kappa shape index (κ3) is 2.86. The second kappa shape index (κ2) is 5.76. The largest absolute Gasteiger partial charge is 0.497 e. The zero-order valence-electron chi connectivity index (χ0n) is 11.1. The van der Waals surface area contributed by atoms with Gasteiger partial charge < -0.3 is 10.1 Å². The second-order valence-corrected chi connectivity index (χ2v) is 5.17. The van der Waals surface area contributed by atoms with Crippen molar-refractivity contribution in [3.8, 4) is 5.75 Å². The maximum atomic E-state index is 6.02. The Morgan fingerprint density at radius 2 is 1.86 bits per heavy atom. The summed E-state index contributed by atoms with van der Waals surface area (Å²) >= 11 is 11.9. The molecule has 0 saturated carbocycles. The Balaban J connectivity index is 2.05. The van der Waals surface area contributed by atoms with Crippen molar-refractivity contribution in [1.82, 2.24) is 9.97 Å². The van der Waals surface area contributed by atoms with Crippen LogP contribution in [0.1, 0.15) is 0 Å². The molecule has 0 unspecified atom stereocenters. The van der Waals surface area contributed by atoms with E-state index in [1.165, 1.54) is 6.33 Å². The molecule has 0 spiro atoms. The summed E-state index contributed by atoms with van der Waals surface area (Å²) in [6.45, 7) is 0. The molecule has 1 N–H and O–H groups in total. The number of anilines is 2. The fourth-order valence-electron chi connectivity index (χ4n) is 1.97. The third-order valence-electron chi connectivity index (χ3n) is 3.02. The summed E-state index contributed by atoms with van der Waals surface area (Å²) in [6, 6.07) is 10.9. The number of hydrogen-bond acceptors (Lipinski definition) is 4. The van der Waals surface area contributed by atoms with Crippen molar-refractivity contribution in [3.63, 3.8) is 0 Å². The zero-order valence-corrected chi connectivity index (χ0v) is 12.6. The first-order valence-electron chi connectivity index (χ1n) is 6.18. The van der Waals surface area contributed by atoms with Crippen molar-refractivity contribution in [3.05, 3.63) is 52.8 Å². The van der Waals surface area contributed by atoms with Crippen LogP contribution in [0.15, 0.2) is 42.7 Å². The van der Waals surface area contributed by atoms with Crippen molar-refractivity contribution < 1.29 is 4.74 Å². The molecule has 1 aromatic heterocycles. The summed E-state index contributed by atoms with van der Waals surface area (Å²) in [6.07, 6.45) is 1.51. The summed E-state index contributed by atoms with van der Waals surface area (Å²) in [5.74, 6) is 1.42. The average molecular weight is 320 g/mol. The molecular weight excluding hydrogens is 309 g/mol. The topological polar surface area (TPSA) is 47.0 Å². The first kappa shape index (κ1) is 13.9. The van der Waals surface area contributed by atoms with Crippen LogP contribution in [0.5, 0.6) is 5.75 Å². The lowest BCUT2D eigenvalue weighted by Gasteiger charge is -2.10. The Labute approximate surface area is 131 Å². The zero-order chi connectivity index (χ0) is 14.8. The van der Waals surface area contributed by atoms with Crippen LogP contribution in [0, 0.1) is 0 Å². The fraction of sp³-hybridized carbons (Fsp3) is 0.0667. The van der Waals surface area contributed by atoms with Gasteiger partial charge in [0.25, 0.3) is 0 Å². The van der Waals surface area contributed by atoms with Gasteiger partial charge in [0.1, 0.15) is 17.9 Å². The molecule has 21 heavy (non-hydrogen) atoms. The maximum absolute atomic E-state index is 6.02. The van der Waals surface area contributed by atoms with Crippen LogP contribution in [0.3, 0.4) is 0 Å². The highest BCUT2D eigenvalue weighted by Gasteiger charge is 2.07. The van der Waals surface area contributed by atoms with Gasteiger partial charge in [-0.1, -0.05) is 23.2 Å². The number of fused-ring (bicyclic) bond motifs is 1. The first-order valence-corrected chi connectivity index (χ1v) is 6.94. The van der Waals surface area contributed by atoms with Crippen LogP contribution < -0.4 is 10.1 Å². The number of rotatable bonds is 3. The number of ether oxygens (including phenoxy) is 1. The van der Waals surface area contributed by atoms with Gasteiger partial charge in [-0.05, 0) is 36.4 Å². The van der Waals surface area contributed by atoms with Gasteiger partial charge >= 0.3 is 0 Å². The molecule has 0 fully saturated rings. The van der Waals surface area contributed by atoms with Crippen LogP contribution in [-0.2, 0) is 0 Å². The summed E-state index contributed by atoms with van der Waals surface area (Å²) in [4.78, 5) is 8.51. The van der Waals surface area contributed by atoms with Gasteiger partial charge in [-0.15, -0.1) is 0 Å². The van der Waals surface area contributed by atoms with E-state index in [2.05, 4.69) is 15.3 Å². The number of halogens is 2.